The highest BCUT2D eigenvalue weighted by Crippen LogP contribution is 2.49. The Labute approximate surface area is 94.0 Å². The summed E-state index contributed by atoms with van der Waals surface area (Å²) >= 11 is 3.39. The van der Waals surface area contributed by atoms with E-state index in [9.17, 15) is 4.79 Å². The predicted molar refractivity (Wildman–Crippen MR) is 60.4 cm³/mol. The van der Waals surface area contributed by atoms with Crippen molar-refractivity contribution in [2.75, 3.05) is 0 Å². The van der Waals surface area contributed by atoms with E-state index < -0.39 is 4.32 Å². The van der Waals surface area contributed by atoms with Gasteiger partial charge in [0.2, 0.25) is 5.91 Å². The number of halogens is 1. The maximum Gasteiger partial charge on any atom is 0.236 e. The summed E-state index contributed by atoms with van der Waals surface area (Å²) in [6.07, 6.45) is 5.34. The van der Waals surface area contributed by atoms with E-state index in [0.29, 0.717) is 6.04 Å². The standard InChI is InChI=1S/C11H18BrNO/c1-11(2,12)10(14)13-9-7-5-3-4-6-8(7)9/h7-9H,3-6H2,1-2H3,(H,13,14). The van der Waals surface area contributed by atoms with Crippen LogP contribution in [0.3, 0.4) is 0 Å². The number of carbonyl (C=O) groups excluding carboxylic acids is 1. The molecule has 3 heteroatoms. The molecule has 80 valence electrons. The molecule has 0 saturated heterocycles. The molecule has 14 heavy (non-hydrogen) atoms. The van der Waals surface area contributed by atoms with Crippen molar-refractivity contribution in [2.24, 2.45) is 11.8 Å². The molecule has 2 unspecified atom stereocenters. The van der Waals surface area contributed by atoms with Crippen LogP contribution in [0.25, 0.3) is 0 Å². The lowest BCUT2D eigenvalue weighted by molar-refractivity contribution is -0.122. The molecular formula is C11H18BrNO. The Morgan fingerprint density at radius 2 is 1.79 bits per heavy atom. The number of fused-ring (bicyclic) bond motifs is 1. The van der Waals surface area contributed by atoms with Crippen molar-refractivity contribution in [3.63, 3.8) is 0 Å². The number of nitrogens with one attached hydrogen (secondary N) is 1. The number of amides is 1. The van der Waals surface area contributed by atoms with E-state index in [-0.39, 0.29) is 5.91 Å². The Kier molecular flexibility index (Phi) is 2.63. The van der Waals surface area contributed by atoms with Gasteiger partial charge in [-0.15, -0.1) is 0 Å². The fourth-order valence-corrected chi connectivity index (χ4v) is 2.64. The van der Waals surface area contributed by atoms with Gasteiger partial charge in [-0.05, 0) is 38.5 Å². The van der Waals surface area contributed by atoms with E-state index >= 15 is 0 Å². The van der Waals surface area contributed by atoms with Crippen LogP contribution >= 0.6 is 15.9 Å². The van der Waals surface area contributed by atoms with Crippen LogP contribution in [-0.4, -0.2) is 16.3 Å². The molecule has 2 rings (SSSR count). The van der Waals surface area contributed by atoms with Crippen molar-refractivity contribution in [2.45, 2.75) is 49.9 Å². The smallest absolute Gasteiger partial charge is 0.236 e. The first-order valence-corrected chi connectivity index (χ1v) is 6.29. The molecule has 0 heterocycles. The van der Waals surface area contributed by atoms with Gasteiger partial charge in [-0.1, -0.05) is 28.8 Å². The maximum atomic E-state index is 11.7. The monoisotopic (exact) mass is 259 g/mol. The minimum absolute atomic E-state index is 0.136. The van der Waals surface area contributed by atoms with Crippen molar-refractivity contribution in [3.8, 4) is 0 Å². The van der Waals surface area contributed by atoms with Gasteiger partial charge in [-0.3, -0.25) is 4.79 Å². The SMILES string of the molecule is CC(C)(Br)C(=O)NC1C2CCCCC21. The number of carbonyl (C=O) groups is 1. The van der Waals surface area contributed by atoms with Crippen LogP contribution < -0.4 is 5.32 Å². The zero-order valence-electron chi connectivity index (χ0n) is 8.85. The molecule has 2 saturated carbocycles. The predicted octanol–water partition coefficient (Wildman–Crippen LogP) is 2.46. The Bertz CT molecular complexity index is 234. The first-order valence-electron chi connectivity index (χ1n) is 5.50. The molecule has 2 aliphatic rings. The van der Waals surface area contributed by atoms with Gasteiger partial charge < -0.3 is 5.32 Å². The molecule has 0 bridgehead atoms. The minimum atomic E-state index is -0.418. The molecule has 2 aliphatic carbocycles. The van der Waals surface area contributed by atoms with Crippen LogP contribution in [0.1, 0.15) is 39.5 Å². The summed E-state index contributed by atoms with van der Waals surface area (Å²) in [6, 6.07) is 0.488. The number of hydrogen-bond donors (Lipinski definition) is 1. The molecule has 0 aromatic carbocycles. The third-order valence-electron chi connectivity index (χ3n) is 3.49. The van der Waals surface area contributed by atoms with Crippen LogP contribution in [0, 0.1) is 11.8 Å². The van der Waals surface area contributed by atoms with Gasteiger partial charge in [-0.2, -0.15) is 0 Å². The highest BCUT2D eigenvalue weighted by Gasteiger charge is 2.51. The van der Waals surface area contributed by atoms with Gasteiger partial charge in [0.15, 0.2) is 0 Å². The van der Waals surface area contributed by atoms with E-state index in [1.807, 2.05) is 13.8 Å². The van der Waals surface area contributed by atoms with Gasteiger partial charge in [0.1, 0.15) is 0 Å². The maximum absolute atomic E-state index is 11.7. The molecule has 0 radical (unpaired) electrons. The lowest BCUT2D eigenvalue weighted by atomic mass is 10.0. The first kappa shape index (κ1) is 10.5. The molecule has 0 spiro atoms. The fourth-order valence-electron chi connectivity index (χ4n) is 2.53. The van der Waals surface area contributed by atoms with Gasteiger partial charge >= 0.3 is 0 Å². The summed E-state index contributed by atoms with van der Waals surface area (Å²) < 4.78 is -0.418. The van der Waals surface area contributed by atoms with E-state index in [1.54, 1.807) is 0 Å². The number of hydrogen-bond acceptors (Lipinski definition) is 1. The Balaban J connectivity index is 1.85. The summed E-state index contributed by atoms with van der Waals surface area (Å²) in [7, 11) is 0. The van der Waals surface area contributed by atoms with Crippen LogP contribution in [0.5, 0.6) is 0 Å². The van der Waals surface area contributed by atoms with Gasteiger partial charge in [0.25, 0.3) is 0 Å². The lowest BCUT2D eigenvalue weighted by Gasteiger charge is -2.15. The van der Waals surface area contributed by atoms with Crippen molar-refractivity contribution in [3.05, 3.63) is 0 Å². The zero-order valence-corrected chi connectivity index (χ0v) is 10.4. The second-order valence-electron chi connectivity index (χ2n) is 5.08. The van der Waals surface area contributed by atoms with E-state index in [2.05, 4.69) is 21.2 Å². The molecule has 2 atom stereocenters. The Morgan fingerprint density at radius 3 is 2.21 bits per heavy atom. The van der Waals surface area contributed by atoms with E-state index in [1.165, 1.54) is 25.7 Å². The molecule has 0 aliphatic heterocycles. The highest BCUT2D eigenvalue weighted by molar-refractivity contribution is 9.10. The van der Waals surface area contributed by atoms with Crippen molar-refractivity contribution < 1.29 is 4.79 Å². The minimum Gasteiger partial charge on any atom is -0.352 e. The Hall–Kier alpha value is -0.0500. The molecule has 1 amide bonds. The van der Waals surface area contributed by atoms with Crippen LogP contribution in [0.4, 0.5) is 0 Å². The van der Waals surface area contributed by atoms with Crippen molar-refractivity contribution in [1.82, 2.24) is 5.32 Å². The molecule has 0 aromatic heterocycles. The highest BCUT2D eigenvalue weighted by atomic mass is 79.9. The number of rotatable bonds is 2. The average Bonchev–Trinajstić information content (AvgIpc) is 2.78. The van der Waals surface area contributed by atoms with Gasteiger partial charge in [-0.25, -0.2) is 0 Å². The normalized spacial score (nSPS) is 36.1. The summed E-state index contributed by atoms with van der Waals surface area (Å²) in [5.74, 6) is 1.72. The third kappa shape index (κ3) is 1.97. The molecule has 2 fully saturated rings. The quantitative estimate of drug-likeness (QED) is 0.759. The van der Waals surface area contributed by atoms with Crippen LogP contribution in [0.2, 0.25) is 0 Å². The second-order valence-corrected chi connectivity index (χ2v) is 7.07. The largest absolute Gasteiger partial charge is 0.352 e. The molecule has 0 aromatic rings. The van der Waals surface area contributed by atoms with E-state index in [4.69, 9.17) is 0 Å². The molecule has 1 N–H and O–H groups in total. The summed E-state index contributed by atoms with van der Waals surface area (Å²) in [6.45, 7) is 3.79. The fraction of sp³-hybridized carbons (Fsp3) is 0.909. The average molecular weight is 260 g/mol. The first-order chi connectivity index (χ1) is 6.50. The summed E-state index contributed by atoms with van der Waals surface area (Å²) in [5, 5.41) is 3.15. The Morgan fingerprint density at radius 1 is 1.29 bits per heavy atom. The van der Waals surface area contributed by atoms with Crippen LogP contribution in [-0.2, 0) is 4.79 Å². The summed E-state index contributed by atoms with van der Waals surface area (Å²) in [4.78, 5) is 11.7. The number of alkyl halides is 1. The van der Waals surface area contributed by atoms with Crippen LogP contribution in [0.15, 0.2) is 0 Å². The van der Waals surface area contributed by atoms with Gasteiger partial charge in [0.05, 0.1) is 4.32 Å². The van der Waals surface area contributed by atoms with E-state index in [0.717, 1.165) is 11.8 Å². The second kappa shape index (κ2) is 3.51. The third-order valence-corrected chi connectivity index (χ3v) is 3.85. The van der Waals surface area contributed by atoms with Gasteiger partial charge in [0, 0.05) is 6.04 Å². The molecular weight excluding hydrogens is 242 g/mol. The zero-order chi connectivity index (χ0) is 10.3. The van der Waals surface area contributed by atoms with Crippen molar-refractivity contribution >= 4 is 21.8 Å². The summed E-state index contributed by atoms with van der Waals surface area (Å²) in [5.41, 5.74) is 0. The molecule has 2 nitrogen and oxygen atoms in total. The lowest BCUT2D eigenvalue weighted by Crippen LogP contribution is -2.39. The van der Waals surface area contributed by atoms with Crippen molar-refractivity contribution in [1.29, 1.82) is 0 Å². The topological polar surface area (TPSA) is 29.1 Å².